The third-order valence-corrected chi connectivity index (χ3v) is 3.97. The maximum atomic E-state index is 2.47. The molecule has 0 spiro atoms. The van der Waals surface area contributed by atoms with Gasteiger partial charge in [0, 0.05) is 0 Å². The molecule has 72 valence electrons. The van der Waals surface area contributed by atoms with E-state index in [1.807, 2.05) is 0 Å². The van der Waals surface area contributed by atoms with E-state index in [1.165, 1.54) is 25.7 Å². The molecule has 0 radical (unpaired) electrons. The second kappa shape index (κ2) is 4.30. The van der Waals surface area contributed by atoms with Crippen LogP contribution >= 0.6 is 0 Å². The van der Waals surface area contributed by atoms with Crippen molar-refractivity contribution in [2.24, 2.45) is 23.7 Å². The van der Waals surface area contributed by atoms with E-state index in [9.17, 15) is 0 Å². The van der Waals surface area contributed by atoms with E-state index in [2.05, 4.69) is 27.7 Å². The van der Waals surface area contributed by atoms with Gasteiger partial charge in [0.2, 0.25) is 0 Å². The van der Waals surface area contributed by atoms with Crippen LogP contribution in [0.1, 0.15) is 53.4 Å². The molecule has 3 unspecified atom stereocenters. The van der Waals surface area contributed by atoms with Gasteiger partial charge in [-0.15, -0.1) is 0 Å². The van der Waals surface area contributed by atoms with E-state index in [4.69, 9.17) is 0 Å². The molecule has 0 aromatic carbocycles. The SMILES string of the molecule is CCC(CC)C(C)C1CC1CC. The Morgan fingerprint density at radius 2 is 1.75 bits per heavy atom. The molecule has 1 saturated carbocycles. The lowest BCUT2D eigenvalue weighted by Crippen LogP contribution is -2.12. The summed E-state index contributed by atoms with van der Waals surface area (Å²) >= 11 is 0. The van der Waals surface area contributed by atoms with Crippen LogP contribution in [-0.2, 0) is 0 Å². The fraction of sp³-hybridized carbons (Fsp3) is 1.00. The van der Waals surface area contributed by atoms with Crippen LogP contribution in [0.25, 0.3) is 0 Å². The Balaban J connectivity index is 2.32. The highest BCUT2D eigenvalue weighted by molar-refractivity contribution is 4.90. The standard InChI is InChI=1S/C12H24/c1-5-10(6-2)9(4)12-8-11(12)7-3/h9-12H,5-8H2,1-4H3. The molecule has 0 amide bonds. The lowest BCUT2D eigenvalue weighted by molar-refractivity contribution is 0.290. The van der Waals surface area contributed by atoms with Crippen LogP contribution in [-0.4, -0.2) is 0 Å². The Morgan fingerprint density at radius 1 is 1.17 bits per heavy atom. The van der Waals surface area contributed by atoms with Crippen LogP contribution in [0.4, 0.5) is 0 Å². The zero-order valence-corrected chi connectivity index (χ0v) is 9.14. The van der Waals surface area contributed by atoms with Crippen molar-refractivity contribution < 1.29 is 0 Å². The monoisotopic (exact) mass is 168 g/mol. The minimum atomic E-state index is 0.991. The van der Waals surface area contributed by atoms with Crippen LogP contribution in [0.5, 0.6) is 0 Å². The van der Waals surface area contributed by atoms with Crippen molar-refractivity contribution in [1.82, 2.24) is 0 Å². The molecule has 0 heteroatoms. The van der Waals surface area contributed by atoms with Crippen LogP contribution in [0, 0.1) is 23.7 Å². The predicted molar refractivity (Wildman–Crippen MR) is 55.1 cm³/mol. The maximum absolute atomic E-state index is 2.47. The highest BCUT2D eigenvalue weighted by Crippen LogP contribution is 2.49. The van der Waals surface area contributed by atoms with Gasteiger partial charge in [-0.25, -0.2) is 0 Å². The van der Waals surface area contributed by atoms with E-state index in [0.29, 0.717) is 0 Å². The van der Waals surface area contributed by atoms with E-state index in [-0.39, 0.29) is 0 Å². The van der Waals surface area contributed by atoms with Gasteiger partial charge < -0.3 is 0 Å². The fourth-order valence-electron chi connectivity index (χ4n) is 2.77. The molecule has 1 rings (SSSR count). The lowest BCUT2D eigenvalue weighted by Gasteiger charge is -2.21. The van der Waals surface area contributed by atoms with Gasteiger partial charge in [0.1, 0.15) is 0 Å². The fourth-order valence-corrected chi connectivity index (χ4v) is 2.77. The first-order valence-electron chi connectivity index (χ1n) is 5.74. The van der Waals surface area contributed by atoms with Crippen molar-refractivity contribution in [2.45, 2.75) is 53.4 Å². The van der Waals surface area contributed by atoms with Crippen molar-refractivity contribution >= 4 is 0 Å². The van der Waals surface area contributed by atoms with Crippen molar-refractivity contribution in [1.29, 1.82) is 0 Å². The highest BCUT2D eigenvalue weighted by Gasteiger charge is 2.41. The lowest BCUT2D eigenvalue weighted by atomic mass is 9.85. The third kappa shape index (κ3) is 2.02. The molecular formula is C12H24. The average Bonchev–Trinajstić information content (AvgIpc) is 2.85. The quantitative estimate of drug-likeness (QED) is 0.579. The van der Waals surface area contributed by atoms with Gasteiger partial charge in [0.25, 0.3) is 0 Å². The van der Waals surface area contributed by atoms with Crippen molar-refractivity contribution in [3.63, 3.8) is 0 Å². The molecular weight excluding hydrogens is 144 g/mol. The molecule has 0 aromatic heterocycles. The van der Waals surface area contributed by atoms with Crippen LogP contribution in [0.15, 0.2) is 0 Å². The van der Waals surface area contributed by atoms with E-state index < -0.39 is 0 Å². The largest absolute Gasteiger partial charge is 0.0651 e. The van der Waals surface area contributed by atoms with Crippen LogP contribution in [0.3, 0.4) is 0 Å². The third-order valence-electron chi connectivity index (χ3n) is 3.97. The van der Waals surface area contributed by atoms with Crippen LogP contribution < -0.4 is 0 Å². The Labute approximate surface area is 77.7 Å². The second-order valence-electron chi connectivity index (χ2n) is 4.50. The van der Waals surface area contributed by atoms with Gasteiger partial charge in [0.15, 0.2) is 0 Å². The summed E-state index contributed by atoms with van der Waals surface area (Å²) in [5.74, 6) is 4.15. The molecule has 0 bridgehead atoms. The zero-order valence-electron chi connectivity index (χ0n) is 9.14. The summed E-state index contributed by atoms with van der Waals surface area (Å²) in [6.07, 6.45) is 5.69. The van der Waals surface area contributed by atoms with E-state index in [0.717, 1.165) is 23.7 Å². The summed E-state index contributed by atoms with van der Waals surface area (Å²) in [6.45, 7) is 9.49. The van der Waals surface area contributed by atoms with Crippen molar-refractivity contribution in [3.05, 3.63) is 0 Å². The summed E-state index contributed by atoms with van der Waals surface area (Å²) in [5.41, 5.74) is 0. The average molecular weight is 168 g/mol. The van der Waals surface area contributed by atoms with Crippen LogP contribution in [0.2, 0.25) is 0 Å². The first-order valence-corrected chi connectivity index (χ1v) is 5.74. The highest BCUT2D eigenvalue weighted by atomic mass is 14.5. The predicted octanol–water partition coefficient (Wildman–Crippen LogP) is 4.10. The molecule has 0 heterocycles. The van der Waals surface area contributed by atoms with Gasteiger partial charge in [-0.3, -0.25) is 0 Å². The zero-order chi connectivity index (χ0) is 9.14. The molecule has 1 aliphatic carbocycles. The number of hydrogen-bond donors (Lipinski definition) is 0. The molecule has 0 saturated heterocycles. The molecule has 12 heavy (non-hydrogen) atoms. The maximum Gasteiger partial charge on any atom is -0.0355 e. The van der Waals surface area contributed by atoms with Crippen molar-refractivity contribution in [2.75, 3.05) is 0 Å². The summed E-state index contributed by atoms with van der Waals surface area (Å²) in [7, 11) is 0. The summed E-state index contributed by atoms with van der Waals surface area (Å²) in [6, 6.07) is 0. The summed E-state index contributed by atoms with van der Waals surface area (Å²) < 4.78 is 0. The van der Waals surface area contributed by atoms with Gasteiger partial charge in [-0.05, 0) is 30.1 Å². The van der Waals surface area contributed by atoms with E-state index >= 15 is 0 Å². The minimum Gasteiger partial charge on any atom is -0.0651 e. The molecule has 0 N–H and O–H groups in total. The van der Waals surface area contributed by atoms with Gasteiger partial charge >= 0.3 is 0 Å². The Hall–Kier alpha value is 0. The van der Waals surface area contributed by atoms with Gasteiger partial charge in [-0.1, -0.05) is 47.0 Å². The van der Waals surface area contributed by atoms with E-state index in [1.54, 1.807) is 0 Å². The smallest absolute Gasteiger partial charge is 0.0355 e. The van der Waals surface area contributed by atoms with Crippen molar-refractivity contribution in [3.8, 4) is 0 Å². The Bertz CT molecular complexity index is 124. The molecule has 0 aliphatic heterocycles. The van der Waals surface area contributed by atoms with Gasteiger partial charge in [0.05, 0.1) is 0 Å². The molecule has 1 fully saturated rings. The Kier molecular flexibility index (Phi) is 3.61. The molecule has 0 aromatic rings. The first-order chi connectivity index (χ1) is 5.74. The summed E-state index contributed by atoms with van der Waals surface area (Å²) in [4.78, 5) is 0. The number of rotatable bonds is 5. The molecule has 1 aliphatic rings. The summed E-state index contributed by atoms with van der Waals surface area (Å²) in [5, 5.41) is 0. The normalized spacial score (nSPS) is 30.8. The first kappa shape index (κ1) is 10.1. The molecule has 3 atom stereocenters. The Morgan fingerprint density at radius 3 is 2.08 bits per heavy atom. The number of hydrogen-bond acceptors (Lipinski definition) is 0. The second-order valence-corrected chi connectivity index (χ2v) is 4.50. The minimum absolute atomic E-state index is 0.991. The van der Waals surface area contributed by atoms with Gasteiger partial charge in [-0.2, -0.15) is 0 Å². The topological polar surface area (TPSA) is 0 Å². The molecule has 0 nitrogen and oxygen atoms in total.